The summed E-state index contributed by atoms with van der Waals surface area (Å²) in [6.07, 6.45) is 6.87. The summed E-state index contributed by atoms with van der Waals surface area (Å²) in [4.78, 5) is 27.5. The summed E-state index contributed by atoms with van der Waals surface area (Å²) in [5.41, 5.74) is 0.302. The van der Waals surface area contributed by atoms with Gasteiger partial charge in [-0.3, -0.25) is 9.59 Å². The van der Waals surface area contributed by atoms with Crippen LogP contribution < -0.4 is 0 Å². The molecule has 2 fully saturated rings. The third-order valence-electron chi connectivity index (χ3n) is 4.72. The highest BCUT2D eigenvalue weighted by molar-refractivity contribution is 7.99. The van der Waals surface area contributed by atoms with Crippen molar-refractivity contribution in [3.8, 4) is 0 Å². The molecule has 2 heterocycles. The Balaban J connectivity index is 1.91. The molecular weight excluding hydrogens is 260 g/mol. The quantitative estimate of drug-likeness (QED) is 0.773. The second-order valence-electron chi connectivity index (χ2n) is 5.88. The van der Waals surface area contributed by atoms with E-state index in [2.05, 4.69) is 0 Å². The van der Waals surface area contributed by atoms with E-state index in [0.29, 0.717) is 17.6 Å². The van der Waals surface area contributed by atoms with Crippen LogP contribution in [0, 0.1) is 5.41 Å². The molecule has 108 valence electrons. The van der Waals surface area contributed by atoms with E-state index in [4.69, 9.17) is 0 Å². The van der Waals surface area contributed by atoms with Gasteiger partial charge in [0.25, 0.3) is 0 Å². The molecule has 2 aliphatic heterocycles. The first-order chi connectivity index (χ1) is 9.06. The zero-order valence-electron chi connectivity index (χ0n) is 12.0. The van der Waals surface area contributed by atoms with E-state index in [0.717, 1.165) is 45.3 Å². The third-order valence-corrected chi connectivity index (χ3v) is 5.25. The van der Waals surface area contributed by atoms with Crippen LogP contribution >= 0.6 is 11.8 Å². The Morgan fingerprint density at radius 2 is 1.84 bits per heavy atom. The van der Waals surface area contributed by atoms with Crippen LogP contribution in [0.4, 0.5) is 0 Å². The molecule has 2 saturated heterocycles. The molecule has 0 atom stereocenters. The van der Waals surface area contributed by atoms with E-state index in [1.807, 2.05) is 23.1 Å². The molecule has 0 unspecified atom stereocenters. The number of carbonyl (C=O) groups is 2. The third kappa shape index (κ3) is 3.44. The largest absolute Gasteiger partial charge is 0.346 e. The molecule has 4 nitrogen and oxygen atoms in total. The highest BCUT2D eigenvalue weighted by Gasteiger charge is 2.37. The Kier molecular flexibility index (Phi) is 4.76. The second kappa shape index (κ2) is 6.16. The van der Waals surface area contributed by atoms with Gasteiger partial charge in [-0.2, -0.15) is 11.8 Å². The minimum absolute atomic E-state index is 0.268. The molecule has 1 spiro atoms. The SMILES string of the molecule is CSCC(=O)N1CCC2(CCC(=O)N(C)CC2)CC1. The first kappa shape index (κ1) is 14.7. The molecule has 0 N–H and O–H groups in total. The van der Waals surface area contributed by atoms with Crippen molar-refractivity contribution in [2.75, 3.05) is 38.7 Å². The molecule has 2 rings (SSSR count). The molecule has 0 aromatic heterocycles. The van der Waals surface area contributed by atoms with Gasteiger partial charge in [-0.25, -0.2) is 0 Å². The zero-order valence-corrected chi connectivity index (χ0v) is 12.8. The van der Waals surface area contributed by atoms with E-state index in [9.17, 15) is 9.59 Å². The van der Waals surface area contributed by atoms with Crippen LogP contribution in [0.2, 0.25) is 0 Å². The first-order valence-corrected chi connectivity index (χ1v) is 8.46. The van der Waals surface area contributed by atoms with E-state index in [-0.39, 0.29) is 11.8 Å². The Morgan fingerprint density at radius 3 is 2.47 bits per heavy atom. The van der Waals surface area contributed by atoms with Gasteiger partial charge in [0.15, 0.2) is 0 Å². The Morgan fingerprint density at radius 1 is 1.21 bits per heavy atom. The molecule has 5 heteroatoms. The monoisotopic (exact) mass is 284 g/mol. The van der Waals surface area contributed by atoms with Crippen molar-refractivity contribution >= 4 is 23.6 Å². The molecular formula is C14H24N2O2S. The second-order valence-corrected chi connectivity index (χ2v) is 6.75. The number of hydrogen-bond acceptors (Lipinski definition) is 3. The molecule has 0 aromatic rings. The standard InChI is InChI=1S/C14H24N2O2S/c1-15-8-5-14(4-3-12(15)17)6-9-16(10-7-14)13(18)11-19-2/h3-11H2,1-2H3. The first-order valence-electron chi connectivity index (χ1n) is 7.07. The number of piperidine rings is 1. The van der Waals surface area contributed by atoms with Gasteiger partial charge in [-0.1, -0.05) is 0 Å². The summed E-state index contributed by atoms with van der Waals surface area (Å²) in [6, 6.07) is 0. The lowest BCUT2D eigenvalue weighted by Crippen LogP contribution is -2.44. The normalized spacial score (nSPS) is 23.6. The predicted molar refractivity (Wildman–Crippen MR) is 78.1 cm³/mol. The van der Waals surface area contributed by atoms with Crippen molar-refractivity contribution < 1.29 is 9.59 Å². The fraction of sp³-hybridized carbons (Fsp3) is 0.857. The minimum Gasteiger partial charge on any atom is -0.346 e. The molecule has 2 aliphatic rings. The molecule has 2 amide bonds. The van der Waals surface area contributed by atoms with E-state index < -0.39 is 0 Å². The number of nitrogens with zero attached hydrogens (tertiary/aromatic N) is 2. The van der Waals surface area contributed by atoms with Gasteiger partial charge in [0, 0.05) is 33.1 Å². The number of thioether (sulfide) groups is 1. The number of amides is 2. The lowest BCUT2D eigenvalue weighted by molar-refractivity contribution is -0.131. The highest BCUT2D eigenvalue weighted by Crippen LogP contribution is 2.41. The molecule has 0 saturated carbocycles. The minimum atomic E-state index is 0.268. The summed E-state index contributed by atoms with van der Waals surface area (Å²) in [5, 5.41) is 0. The van der Waals surface area contributed by atoms with Crippen LogP contribution in [0.3, 0.4) is 0 Å². The van der Waals surface area contributed by atoms with Crippen LogP contribution in [0.25, 0.3) is 0 Å². The highest BCUT2D eigenvalue weighted by atomic mass is 32.2. The summed E-state index contributed by atoms with van der Waals surface area (Å²) in [6.45, 7) is 2.62. The number of likely N-dealkylation sites (tertiary alicyclic amines) is 2. The lowest BCUT2D eigenvalue weighted by atomic mass is 9.73. The molecule has 0 aliphatic carbocycles. The lowest BCUT2D eigenvalue weighted by Gasteiger charge is -2.41. The average Bonchev–Trinajstić information content (AvgIpc) is 2.55. The number of carbonyl (C=O) groups excluding carboxylic acids is 2. The van der Waals surface area contributed by atoms with E-state index in [1.54, 1.807) is 11.8 Å². The molecule has 0 bridgehead atoms. The molecule has 0 radical (unpaired) electrons. The van der Waals surface area contributed by atoms with Gasteiger partial charge in [0.1, 0.15) is 0 Å². The summed E-state index contributed by atoms with van der Waals surface area (Å²) < 4.78 is 0. The van der Waals surface area contributed by atoms with Gasteiger partial charge < -0.3 is 9.80 Å². The van der Waals surface area contributed by atoms with Crippen LogP contribution in [0.1, 0.15) is 32.1 Å². The van der Waals surface area contributed by atoms with Crippen molar-refractivity contribution in [3.05, 3.63) is 0 Å². The summed E-state index contributed by atoms with van der Waals surface area (Å²) in [7, 11) is 1.90. The summed E-state index contributed by atoms with van der Waals surface area (Å²) >= 11 is 1.59. The van der Waals surface area contributed by atoms with Crippen molar-refractivity contribution in [2.24, 2.45) is 5.41 Å². The maximum Gasteiger partial charge on any atom is 0.232 e. The molecule has 19 heavy (non-hydrogen) atoms. The number of hydrogen-bond donors (Lipinski definition) is 0. The smallest absolute Gasteiger partial charge is 0.232 e. The fourth-order valence-corrected chi connectivity index (χ4v) is 3.59. The van der Waals surface area contributed by atoms with Crippen LogP contribution in [-0.4, -0.2) is 60.3 Å². The van der Waals surface area contributed by atoms with Gasteiger partial charge >= 0.3 is 0 Å². The van der Waals surface area contributed by atoms with Crippen molar-refractivity contribution in [1.82, 2.24) is 9.80 Å². The Bertz CT molecular complexity index is 351. The van der Waals surface area contributed by atoms with Gasteiger partial charge in [-0.15, -0.1) is 0 Å². The molecule has 0 aromatic carbocycles. The number of rotatable bonds is 2. The van der Waals surface area contributed by atoms with Crippen molar-refractivity contribution in [3.63, 3.8) is 0 Å². The maximum atomic E-state index is 11.9. The maximum absolute atomic E-state index is 11.9. The summed E-state index contributed by atoms with van der Waals surface area (Å²) in [5.74, 6) is 1.13. The average molecular weight is 284 g/mol. The van der Waals surface area contributed by atoms with E-state index >= 15 is 0 Å². The van der Waals surface area contributed by atoms with Crippen LogP contribution in [-0.2, 0) is 9.59 Å². The Labute approximate surface area is 119 Å². The van der Waals surface area contributed by atoms with Crippen molar-refractivity contribution in [1.29, 1.82) is 0 Å². The van der Waals surface area contributed by atoms with Crippen LogP contribution in [0.15, 0.2) is 0 Å². The fourth-order valence-electron chi connectivity index (χ4n) is 3.16. The van der Waals surface area contributed by atoms with Gasteiger partial charge in [-0.05, 0) is 37.4 Å². The van der Waals surface area contributed by atoms with Gasteiger partial charge in [0.2, 0.25) is 11.8 Å². The predicted octanol–water partition coefficient (Wildman–Crippen LogP) is 1.60. The van der Waals surface area contributed by atoms with Crippen molar-refractivity contribution in [2.45, 2.75) is 32.1 Å². The topological polar surface area (TPSA) is 40.6 Å². The van der Waals surface area contributed by atoms with Crippen LogP contribution in [0.5, 0.6) is 0 Å². The van der Waals surface area contributed by atoms with Gasteiger partial charge in [0.05, 0.1) is 5.75 Å². The van der Waals surface area contributed by atoms with E-state index in [1.165, 1.54) is 0 Å². The Hall–Kier alpha value is -0.710. The zero-order chi connectivity index (χ0) is 13.9.